The van der Waals surface area contributed by atoms with Crippen molar-refractivity contribution < 1.29 is 18.4 Å². The lowest BCUT2D eigenvalue weighted by atomic mass is 9.93. The molecule has 1 saturated heterocycles. The van der Waals surface area contributed by atoms with Gasteiger partial charge in [0.05, 0.1) is 19.1 Å². The Kier molecular flexibility index (Phi) is 6.58. The lowest BCUT2D eigenvalue weighted by Crippen LogP contribution is -2.33. The first-order valence-corrected chi connectivity index (χ1v) is 9.95. The molecule has 0 unspecified atom stereocenters. The van der Waals surface area contributed by atoms with Crippen LogP contribution >= 0.6 is 7.60 Å². The van der Waals surface area contributed by atoms with Gasteiger partial charge in [0.1, 0.15) is 5.78 Å². The number of rotatable bonds is 7. The molecule has 0 spiro atoms. The predicted molar refractivity (Wildman–Crippen MR) is 93.8 cm³/mol. The summed E-state index contributed by atoms with van der Waals surface area (Å²) in [6.07, 6.45) is 0.424. The van der Waals surface area contributed by atoms with Crippen LogP contribution in [0.1, 0.15) is 31.9 Å². The summed E-state index contributed by atoms with van der Waals surface area (Å²) in [5.74, 6) is -0.781. The number of nitrogens with zero attached hydrogens (tertiary/aromatic N) is 1. The molecule has 1 amide bonds. The van der Waals surface area contributed by atoms with E-state index in [0.29, 0.717) is 19.6 Å². The van der Waals surface area contributed by atoms with Gasteiger partial charge in [0.25, 0.3) is 0 Å². The third kappa shape index (κ3) is 4.06. The molecule has 1 aliphatic rings. The zero-order valence-electron chi connectivity index (χ0n) is 14.8. The fourth-order valence-electron chi connectivity index (χ4n) is 3.13. The van der Waals surface area contributed by atoms with E-state index in [9.17, 15) is 9.36 Å². The SMILES string of the molecule is CCOP(=O)(OCC)[C@@H]1C[C@H](C(=O)N(C)C)[C@H](c2ccccc2)N1. The molecule has 134 valence electrons. The van der Waals surface area contributed by atoms with Gasteiger partial charge in [0.2, 0.25) is 5.91 Å². The van der Waals surface area contributed by atoms with Crippen LogP contribution in [-0.2, 0) is 18.4 Å². The minimum Gasteiger partial charge on any atom is -0.349 e. The Labute approximate surface area is 144 Å². The summed E-state index contributed by atoms with van der Waals surface area (Å²) in [4.78, 5) is 14.2. The van der Waals surface area contributed by atoms with Gasteiger partial charge in [-0.3, -0.25) is 14.7 Å². The topological polar surface area (TPSA) is 67.9 Å². The highest BCUT2D eigenvalue weighted by atomic mass is 31.2. The Morgan fingerprint density at radius 2 is 1.79 bits per heavy atom. The Bertz CT molecular complexity index is 584. The molecule has 1 aromatic carbocycles. The molecule has 1 fully saturated rings. The highest BCUT2D eigenvalue weighted by Gasteiger charge is 2.48. The fraction of sp³-hybridized carbons (Fsp3) is 0.588. The van der Waals surface area contributed by atoms with Crippen molar-refractivity contribution >= 4 is 13.5 Å². The second-order valence-electron chi connectivity index (χ2n) is 6.02. The van der Waals surface area contributed by atoms with Gasteiger partial charge < -0.3 is 13.9 Å². The van der Waals surface area contributed by atoms with Crippen molar-refractivity contribution in [2.24, 2.45) is 5.92 Å². The van der Waals surface area contributed by atoms with Gasteiger partial charge in [-0.25, -0.2) is 0 Å². The molecule has 0 aliphatic carbocycles. The zero-order chi connectivity index (χ0) is 17.7. The number of carbonyl (C=O) groups excluding carboxylic acids is 1. The van der Waals surface area contributed by atoms with Crippen LogP contribution < -0.4 is 5.32 Å². The van der Waals surface area contributed by atoms with Crippen LogP contribution in [0.2, 0.25) is 0 Å². The summed E-state index contributed by atoms with van der Waals surface area (Å²) in [6, 6.07) is 9.55. The summed E-state index contributed by atoms with van der Waals surface area (Å²) in [7, 11) is 0.163. The summed E-state index contributed by atoms with van der Waals surface area (Å²) < 4.78 is 24.0. The van der Waals surface area contributed by atoms with E-state index >= 15 is 0 Å². The van der Waals surface area contributed by atoms with Crippen LogP contribution in [0.5, 0.6) is 0 Å². The number of benzene rings is 1. The molecule has 1 aliphatic heterocycles. The van der Waals surface area contributed by atoms with Gasteiger partial charge in [0, 0.05) is 20.1 Å². The fourth-order valence-corrected chi connectivity index (χ4v) is 5.11. The first-order valence-electron chi connectivity index (χ1n) is 8.33. The zero-order valence-corrected chi connectivity index (χ0v) is 15.7. The minimum absolute atomic E-state index is 0.0124. The second kappa shape index (κ2) is 8.26. The molecule has 6 nitrogen and oxygen atoms in total. The largest absolute Gasteiger partial charge is 0.349 e. The molecule has 3 atom stereocenters. The Hall–Kier alpha value is -1.20. The molecule has 0 saturated carbocycles. The van der Waals surface area contributed by atoms with E-state index in [0.717, 1.165) is 5.56 Å². The molecule has 24 heavy (non-hydrogen) atoms. The van der Waals surface area contributed by atoms with Crippen molar-refractivity contribution in [3.8, 4) is 0 Å². The highest BCUT2D eigenvalue weighted by molar-refractivity contribution is 7.54. The van der Waals surface area contributed by atoms with Crippen LogP contribution in [0.25, 0.3) is 0 Å². The molecule has 7 heteroatoms. The average molecular weight is 354 g/mol. The molecule has 0 bridgehead atoms. The Balaban J connectivity index is 2.32. The molecular weight excluding hydrogens is 327 g/mol. The van der Waals surface area contributed by atoms with Gasteiger partial charge >= 0.3 is 7.60 Å². The molecule has 0 aromatic heterocycles. The molecule has 1 aromatic rings. The maximum atomic E-state index is 13.1. The summed E-state index contributed by atoms with van der Waals surface area (Å²) >= 11 is 0. The quantitative estimate of drug-likeness (QED) is 0.763. The van der Waals surface area contributed by atoms with Crippen molar-refractivity contribution in [2.75, 3.05) is 27.3 Å². The Morgan fingerprint density at radius 1 is 1.21 bits per heavy atom. The van der Waals surface area contributed by atoms with Gasteiger partial charge in [-0.15, -0.1) is 0 Å². The van der Waals surface area contributed by atoms with Gasteiger partial charge in [-0.1, -0.05) is 30.3 Å². The second-order valence-corrected chi connectivity index (χ2v) is 8.24. The van der Waals surface area contributed by atoms with Crippen molar-refractivity contribution in [1.29, 1.82) is 0 Å². The minimum atomic E-state index is -3.31. The molecule has 2 rings (SSSR count). The molecule has 0 radical (unpaired) electrons. The van der Waals surface area contributed by atoms with E-state index in [2.05, 4.69) is 5.32 Å². The van der Waals surface area contributed by atoms with E-state index in [4.69, 9.17) is 9.05 Å². The standard InChI is InChI=1S/C17H27N2O4P/c1-5-22-24(21,23-6-2)15-12-14(17(20)19(3)4)16(18-15)13-10-8-7-9-11-13/h7-11,14-16,18H,5-6,12H2,1-4H3/t14-,15+,16-/m0/s1. The van der Waals surface area contributed by atoms with E-state index in [1.807, 2.05) is 30.3 Å². The molecular formula is C17H27N2O4P. The van der Waals surface area contributed by atoms with Gasteiger partial charge in [-0.05, 0) is 25.8 Å². The van der Waals surface area contributed by atoms with Gasteiger partial charge in [0.15, 0.2) is 0 Å². The third-order valence-corrected chi connectivity index (χ3v) is 6.53. The molecule has 1 heterocycles. The van der Waals surface area contributed by atoms with E-state index in [1.165, 1.54) is 0 Å². The number of hydrogen-bond donors (Lipinski definition) is 1. The normalized spacial score (nSPS) is 24.1. The predicted octanol–water partition coefficient (Wildman–Crippen LogP) is 3.02. The summed E-state index contributed by atoms with van der Waals surface area (Å²) in [5.41, 5.74) is 1.000. The Morgan fingerprint density at radius 3 is 2.29 bits per heavy atom. The van der Waals surface area contributed by atoms with Crippen LogP contribution in [-0.4, -0.2) is 43.9 Å². The summed E-state index contributed by atoms with van der Waals surface area (Å²) in [6.45, 7) is 4.19. The van der Waals surface area contributed by atoms with Crippen LogP contribution in [0, 0.1) is 5.92 Å². The van der Waals surface area contributed by atoms with Crippen molar-refractivity contribution in [1.82, 2.24) is 10.2 Å². The maximum absolute atomic E-state index is 13.1. The number of amides is 1. The number of hydrogen-bond acceptors (Lipinski definition) is 5. The first kappa shape index (κ1) is 19.1. The summed E-state index contributed by atoms with van der Waals surface area (Å²) in [5, 5.41) is 3.34. The van der Waals surface area contributed by atoms with Crippen molar-refractivity contribution in [3.05, 3.63) is 35.9 Å². The van der Waals surface area contributed by atoms with Crippen LogP contribution in [0.3, 0.4) is 0 Å². The van der Waals surface area contributed by atoms with Crippen molar-refractivity contribution in [2.45, 2.75) is 32.1 Å². The number of nitrogens with one attached hydrogen (secondary N) is 1. The van der Waals surface area contributed by atoms with E-state index in [-0.39, 0.29) is 17.9 Å². The monoisotopic (exact) mass is 354 g/mol. The average Bonchev–Trinajstić information content (AvgIpc) is 3.01. The maximum Gasteiger partial charge on any atom is 0.347 e. The smallest absolute Gasteiger partial charge is 0.347 e. The lowest BCUT2D eigenvalue weighted by molar-refractivity contribution is -0.133. The highest BCUT2D eigenvalue weighted by Crippen LogP contribution is 2.57. The van der Waals surface area contributed by atoms with Gasteiger partial charge in [-0.2, -0.15) is 0 Å². The molecule has 1 N–H and O–H groups in total. The number of carbonyl (C=O) groups is 1. The lowest BCUT2D eigenvalue weighted by Gasteiger charge is -2.24. The van der Waals surface area contributed by atoms with E-state index in [1.54, 1.807) is 32.8 Å². The van der Waals surface area contributed by atoms with Crippen LogP contribution in [0.15, 0.2) is 30.3 Å². The van der Waals surface area contributed by atoms with Crippen LogP contribution in [0.4, 0.5) is 0 Å². The first-order chi connectivity index (χ1) is 11.4. The van der Waals surface area contributed by atoms with Crippen molar-refractivity contribution in [3.63, 3.8) is 0 Å². The third-order valence-electron chi connectivity index (χ3n) is 4.17. The van der Waals surface area contributed by atoms with E-state index < -0.39 is 13.4 Å².